The van der Waals surface area contributed by atoms with Crippen molar-refractivity contribution in [2.75, 3.05) is 18.1 Å². The van der Waals surface area contributed by atoms with E-state index in [4.69, 9.17) is 4.74 Å². The topological polar surface area (TPSA) is 62.7 Å². The second-order valence-corrected chi connectivity index (χ2v) is 5.82. The molecule has 0 spiro atoms. The highest BCUT2D eigenvalue weighted by Crippen LogP contribution is 2.27. The normalized spacial score (nSPS) is 12.2. The Morgan fingerprint density at radius 3 is 2.94 bits per heavy atom. The van der Waals surface area contributed by atoms with Crippen LogP contribution in [0.25, 0.3) is 0 Å². The Balaban J connectivity index is 2.74. The second kappa shape index (κ2) is 6.93. The Labute approximate surface area is 113 Å². The molecule has 1 atom stereocenters. The number of rotatable bonds is 5. The van der Waals surface area contributed by atoms with Gasteiger partial charge in [0.15, 0.2) is 5.13 Å². The summed E-state index contributed by atoms with van der Waals surface area (Å²) in [5.41, 5.74) is 0. The van der Waals surface area contributed by atoms with Crippen LogP contribution in [-0.4, -0.2) is 35.4 Å². The highest BCUT2D eigenvalue weighted by molar-refractivity contribution is 9.11. The first kappa shape index (κ1) is 14.4. The van der Waals surface area contributed by atoms with E-state index in [1.54, 1.807) is 20.0 Å². The largest absolute Gasteiger partial charge is 0.449 e. The van der Waals surface area contributed by atoms with Gasteiger partial charge in [-0.15, -0.1) is 0 Å². The lowest BCUT2D eigenvalue weighted by atomic mass is 10.3. The van der Waals surface area contributed by atoms with E-state index in [-0.39, 0.29) is 0 Å². The molecular formula is C10H15BrN2O3S. The van der Waals surface area contributed by atoms with E-state index >= 15 is 0 Å². The highest BCUT2D eigenvalue weighted by Gasteiger charge is 2.20. The number of aromatic nitrogens is 1. The van der Waals surface area contributed by atoms with E-state index in [9.17, 15) is 9.90 Å². The number of anilines is 1. The summed E-state index contributed by atoms with van der Waals surface area (Å²) in [6, 6.07) is 0. The first-order valence-electron chi connectivity index (χ1n) is 5.28. The monoisotopic (exact) mass is 322 g/mol. The Bertz CT molecular complexity index is 370. The highest BCUT2D eigenvalue weighted by atomic mass is 79.9. The van der Waals surface area contributed by atoms with Crippen LogP contribution in [0.1, 0.15) is 20.3 Å². The molecule has 0 saturated heterocycles. The molecule has 0 bridgehead atoms. The molecule has 0 aliphatic carbocycles. The van der Waals surface area contributed by atoms with Gasteiger partial charge in [0.25, 0.3) is 0 Å². The molecule has 7 heteroatoms. The fourth-order valence-corrected chi connectivity index (χ4v) is 2.35. The number of hydrogen-bond donors (Lipinski definition) is 1. The zero-order chi connectivity index (χ0) is 12.8. The maximum absolute atomic E-state index is 11.7. The van der Waals surface area contributed by atoms with E-state index in [2.05, 4.69) is 20.9 Å². The maximum Gasteiger partial charge on any atom is 0.416 e. The van der Waals surface area contributed by atoms with Gasteiger partial charge in [-0.3, -0.25) is 4.90 Å². The van der Waals surface area contributed by atoms with Crippen LogP contribution >= 0.6 is 27.3 Å². The zero-order valence-corrected chi connectivity index (χ0v) is 12.1. The first-order chi connectivity index (χ1) is 8.04. The Hall–Kier alpha value is -0.660. The van der Waals surface area contributed by atoms with Crippen LogP contribution in [0, 0.1) is 0 Å². The summed E-state index contributed by atoms with van der Waals surface area (Å²) >= 11 is 4.65. The van der Waals surface area contributed by atoms with E-state index in [1.165, 1.54) is 16.2 Å². The molecule has 17 heavy (non-hydrogen) atoms. The molecule has 1 aromatic rings. The molecule has 1 aromatic heterocycles. The molecular weight excluding hydrogens is 308 g/mol. The quantitative estimate of drug-likeness (QED) is 0.905. The molecule has 0 saturated carbocycles. The van der Waals surface area contributed by atoms with Crippen molar-refractivity contribution in [3.8, 4) is 0 Å². The van der Waals surface area contributed by atoms with Crippen LogP contribution in [0.5, 0.6) is 0 Å². The van der Waals surface area contributed by atoms with Gasteiger partial charge in [-0.1, -0.05) is 11.3 Å². The predicted molar refractivity (Wildman–Crippen MR) is 70.5 cm³/mol. The van der Waals surface area contributed by atoms with Crippen molar-refractivity contribution < 1.29 is 14.6 Å². The van der Waals surface area contributed by atoms with E-state index in [1.807, 2.05) is 0 Å². The van der Waals surface area contributed by atoms with Gasteiger partial charge in [0.1, 0.15) is 0 Å². The van der Waals surface area contributed by atoms with Crippen LogP contribution in [0.4, 0.5) is 9.93 Å². The number of thiazole rings is 1. The number of amides is 1. The average molecular weight is 323 g/mol. The van der Waals surface area contributed by atoms with E-state index in [0.717, 1.165) is 3.79 Å². The molecule has 1 heterocycles. The molecule has 1 amide bonds. The number of nitrogens with zero attached hydrogens (tertiary/aromatic N) is 2. The number of aliphatic hydroxyl groups is 1. The van der Waals surface area contributed by atoms with Crippen molar-refractivity contribution in [2.24, 2.45) is 0 Å². The summed E-state index contributed by atoms with van der Waals surface area (Å²) in [5, 5.41) is 9.83. The van der Waals surface area contributed by atoms with E-state index in [0.29, 0.717) is 24.7 Å². The van der Waals surface area contributed by atoms with Gasteiger partial charge in [0.2, 0.25) is 0 Å². The molecule has 5 nitrogen and oxygen atoms in total. The summed E-state index contributed by atoms with van der Waals surface area (Å²) in [4.78, 5) is 17.3. The lowest BCUT2D eigenvalue weighted by Gasteiger charge is -2.19. The number of hydrogen-bond acceptors (Lipinski definition) is 5. The third kappa shape index (κ3) is 4.61. The minimum absolute atomic E-state index is 0.316. The van der Waals surface area contributed by atoms with Crippen molar-refractivity contribution in [3.63, 3.8) is 0 Å². The smallest absolute Gasteiger partial charge is 0.416 e. The van der Waals surface area contributed by atoms with Gasteiger partial charge in [-0.05, 0) is 36.2 Å². The second-order valence-electron chi connectivity index (χ2n) is 3.44. The van der Waals surface area contributed by atoms with Gasteiger partial charge >= 0.3 is 6.09 Å². The van der Waals surface area contributed by atoms with Crippen molar-refractivity contribution in [1.29, 1.82) is 0 Å². The van der Waals surface area contributed by atoms with Crippen LogP contribution in [-0.2, 0) is 4.74 Å². The van der Waals surface area contributed by atoms with Crippen LogP contribution in [0.2, 0.25) is 0 Å². The summed E-state index contributed by atoms with van der Waals surface area (Å²) in [7, 11) is 0. The number of carbonyl (C=O) groups excluding carboxylic acids is 1. The molecule has 0 aliphatic heterocycles. The van der Waals surface area contributed by atoms with Crippen molar-refractivity contribution >= 4 is 38.5 Å². The number of aliphatic hydroxyl groups excluding tert-OH is 1. The Kier molecular flexibility index (Phi) is 5.87. The van der Waals surface area contributed by atoms with Gasteiger partial charge in [0.05, 0.1) is 22.7 Å². The standard InChI is InChI=1S/C10H15BrN2O3S/c1-3-16-10(15)13(5-4-7(2)14)9-12-6-8(11)17-9/h6-7,14H,3-5H2,1-2H3/t7-/m0/s1. The number of carbonyl (C=O) groups is 1. The van der Waals surface area contributed by atoms with Crippen LogP contribution in [0.3, 0.4) is 0 Å². The minimum atomic E-state index is -0.463. The fourth-order valence-electron chi connectivity index (χ4n) is 1.15. The molecule has 96 valence electrons. The number of ether oxygens (including phenoxy) is 1. The molecule has 1 rings (SSSR count). The SMILES string of the molecule is CCOC(=O)N(CC[C@H](C)O)c1ncc(Br)s1. The van der Waals surface area contributed by atoms with Crippen molar-refractivity contribution in [3.05, 3.63) is 9.98 Å². The first-order valence-corrected chi connectivity index (χ1v) is 6.89. The summed E-state index contributed by atoms with van der Waals surface area (Å²) < 4.78 is 5.80. The summed E-state index contributed by atoms with van der Waals surface area (Å²) in [5.74, 6) is 0. The Morgan fingerprint density at radius 1 is 1.76 bits per heavy atom. The molecule has 0 radical (unpaired) electrons. The molecule has 0 aliphatic rings. The maximum atomic E-state index is 11.7. The molecule has 0 aromatic carbocycles. The summed E-state index contributed by atoms with van der Waals surface area (Å²) in [6.07, 6.45) is 1.22. The Morgan fingerprint density at radius 2 is 2.47 bits per heavy atom. The van der Waals surface area contributed by atoms with Crippen LogP contribution < -0.4 is 4.90 Å². The van der Waals surface area contributed by atoms with Gasteiger partial charge < -0.3 is 9.84 Å². The predicted octanol–water partition coefficient (Wildman–Crippen LogP) is 2.64. The molecule has 1 N–H and O–H groups in total. The fraction of sp³-hybridized carbons (Fsp3) is 0.600. The minimum Gasteiger partial charge on any atom is -0.449 e. The van der Waals surface area contributed by atoms with Crippen LogP contribution in [0.15, 0.2) is 9.98 Å². The molecule has 0 fully saturated rings. The lowest BCUT2D eigenvalue weighted by molar-refractivity contribution is 0.155. The summed E-state index contributed by atoms with van der Waals surface area (Å²) in [6.45, 7) is 4.14. The lowest BCUT2D eigenvalue weighted by Crippen LogP contribution is -2.33. The average Bonchev–Trinajstić information content (AvgIpc) is 2.65. The third-order valence-electron chi connectivity index (χ3n) is 1.95. The van der Waals surface area contributed by atoms with Gasteiger partial charge in [-0.2, -0.15) is 0 Å². The van der Waals surface area contributed by atoms with Crippen molar-refractivity contribution in [1.82, 2.24) is 4.98 Å². The number of halogens is 1. The van der Waals surface area contributed by atoms with Gasteiger partial charge in [0, 0.05) is 6.54 Å². The molecule has 0 unspecified atom stereocenters. The zero-order valence-electron chi connectivity index (χ0n) is 9.72. The third-order valence-corrected chi connectivity index (χ3v) is 3.45. The van der Waals surface area contributed by atoms with Crippen molar-refractivity contribution in [2.45, 2.75) is 26.4 Å². The van der Waals surface area contributed by atoms with Gasteiger partial charge in [-0.25, -0.2) is 9.78 Å². The van der Waals surface area contributed by atoms with E-state index < -0.39 is 12.2 Å².